The first-order chi connectivity index (χ1) is 4.47. The van der Waals surface area contributed by atoms with E-state index in [1.807, 2.05) is 0 Å². The van der Waals surface area contributed by atoms with Crippen LogP contribution in [-0.2, 0) is 4.74 Å². The minimum absolute atomic E-state index is 0.838. The summed E-state index contributed by atoms with van der Waals surface area (Å²) in [6.45, 7) is 4.08. The fourth-order valence-corrected chi connectivity index (χ4v) is 1.20. The van der Waals surface area contributed by atoms with Crippen molar-refractivity contribution < 1.29 is 4.74 Å². The van der Waals surface area contributed by atoms with E-state index in [0.717, 1.165) is 32.1 Å². The van der Waals surface area contributed by atoms with Crippen LogP contribution in [0.5, 0.6) is 0 Å². The van der Waals surface area contributed by atoms with Gasteiger partial charge in [-0.25, -0.2) is 0 Å². The quantitative estimate of drug-likeness (QED) is 0.483. The molecule has 0 aliphatic carbocycles. The predicted molar refractivity (Wildman–Crippen MR) is 33.6 cm³/mol. The minimum atomic E-state index is 0.838. The minimum Gasteiger partial charge on any atom is -0.496 e. The fraction of sp³-hybridized carbons (Fsp3) is 0.667. The van der Waals surface area contributed by atoms with Crippen LogP contribution in [0.4, 0.5) is 0 Å². The van der Waals surface area contributed by atoms with Crippen molar-refractivity contribution >= 4 is 0 Å². The molecule has 2 aliphatic heterocycles. The van der Waals surface area contributed by atoms with E-state index >= 15 is 0 Å². The molecule has 0 aromatic carbocycles. The van der Waals surface area contributed by atoms with Gasteiger partial charge in [-0.15, -0.1) is 0 Å². The monoisotopic (exact) mass is 126 g/mol. The Morgan fingerprint density at radius 3 is 3.44 bits per heavy atom. The Labute approximate surface area is 54.3 Å². The summed E-state index contributed by atoms with van der Waals surface area (Å²) < 4.78 is 5.12. The van der Waals surface area contributed by atoms with E-state index in [9.17, 15) is 0 Å². The topological polar surface area (TPSA) is 24.5 Å². The molecule has 9 heavy (non-hydrogen) atoms. The third kappa shape index (κ3) is 0.724. The van der Waals surface area contributed by atoms with Crippen molar-refractivity contribution in [1.82, 2.24) is 10.2 Å². The molecule has 50 valence electrons. The number of fused-ring (bicyclic) bond motifs is 1. The highest BCUT2D eigenvalue weighted by molar-refractivity contribution is 5.02. The summed E-state index contributed by atoms with van der Waals surface area (Å²) in [7, 11) is 0. The van der Waals surface area contributed by atoms with Crippen molar-refractivity contribution in [2.75, 3.05) is 26.2 Å². The van der Waals surface area contributed by atoms with E-state index < -0.39 is 0 Å². The lowest BCUT2D eigenvalue weighted by Gasteiger charge is -2.22. The van der Waals surface area contributed by atoms with Crippen molar-refractivity contribution in [3.05, 3.63) is 12.1 Å². The van der Waals surface area contributed by atoms with Gasteiger partial charge in [0.25, 0.3) is 0 Å². The Kier molecular flexibility index (Phi) is 1.01. The highest BCUT2D eigenvalue weighted by Gasteiger charge is 2.18. The number of ether oxygens (including phenoxy) is 1. The number of hydrogen-bond acceptors (Lipinski definition) is 3. The molecule has 0 unspecified atom stereocenters. The van der Waals surface area contributed by atoms with Crippen molar-refractivity contribution in [3.63, 3.8) is 0 Å². The van der Waals surface area contributed by atoms with Crippen molar-refractivity contribution in [1.29, 1.82) is 0 Å². The average molecular weight is 126 g/mol. The van der Waals surface area contributed by atoms with Crippen LogP contribution in [0.25, 0.3) is 0 Å². The highest BCUT2D eigenvalue weighted by Crippen LogP contribution is 2.09. The van der Waals surface area contributed by atoms with Gasteiger partial charge in [-0.3, -0.25) is 0 Å². The van der Waals surface area contributed by atoms with Crippen molar-refractivity contribution in [2.24, 2.45) is 0 Å². The molecule has 0 bridgehead atoms. The molecule has 2 heterocycles. The lowest BCUT2D eigenvalue weighted by atomic mass is 10.5. The van der Waals surface area contributed by atoms with Crippen LogP contribution in [-0.4, -0.2) is 31.1 Å². The second-order valence-electron chi connectivity index (χ2n) is 2.29. The van der Waals surface area contributed by atoms with Gasteiger partial charge in [0, 0.05) is 13.1 Å². The first kappa shape index (κ1) is 4.97. The van der Waals surface area contributed by atoms with E-state index in [-0.39, 0.29) is 0 Å². The maximum atomic E-state index is 5.12. The van der Waals surface area contributed by atoms with Crippen LogP contribution in [0.1, 0.15) is 0 Å². The molecular weight excluding hydrogens is 116 g/mol. The van der Waals surface area contributed by atoms with Crippen LogP contribution >= 0.6 is 0 Å². The van der Waals surface area contributed by atoms with Crippen LogP contribution < -0.4 is 5.32 Å². The second-order valence-corrected chi connectivity index (χ2v) is 2.29. The summed E-state index contributed by atoms with van der Waals surface area (Å²) in [5.41, 5.74) is 0. The fourth-order valence-electron chi connectivity index (χ4n) is 1.20. The Bertz CT molecular complexity index is 144. The van der Waals surface area contributed by atoms with Crippen LogP contribution in [0.3, 0.4) is 0 Å². The van der Waals surface area contributed by atoms with Crippen LogP contribution in [0.15, 0.2) is 12.1 Å². The average Bonchev–Trinajstić information content (AvgIpc) is 2.33. The molecule has 0 atom stereocenters. The molecule has 3 heteroatoms. The van der Waals surface area contributed by atoms with Crippen molar-refractivity contribution in [2.45, 2.75) is 0 Å². The Morgan fingerprint density at radius 2 is 2.56 bits per heavy atom. The summed E-state index contributed by atoms with van der Waals surface area (Å²) in [6.07, 6.45) is 1.80. The first-order valence-corrected chi connectivity index (χ1v) is 3.27. The highest BCUT2D eigenvalue weighted by atomic mass is 16.5. The number of nitrogens with zero attached hydrogens (tertiary/aromatic N) is 1. The van der Waals surface area contributed by atoms with Gasteiger partial charge in [0.05, 0.1) is 6.54 Å². The van der Waals surface area contributed by atoms with Crippen molar-refractivity contribution in [3.8, 4) is 0 Å². The number of rotatable bonds is 0. The van der Waals surface area contributed by atoms with E-state index in [4.69, 9.17) is 4.74 Å². The van der Waals surface area contributed by atoms with Gasteiger partial charge in [0.1, 0.15) is 18.7 Å². The third-order valence-electron chi connectivity index (χ3n) is 1.70. The zero-order chi connectivity index (χ0) is 6.10. The van der Waals surface area contributed by atoms with Crippen LogP contribution in [0, 0.1) is 0 Å². The maximum absolute atomic E-state index is 5.12. The molecule has 0 radical (unpaired) electrons. The normalized spacial score (nSPS) is 24.0. The predicted octanol–water partition coefficient (Wildman–Crippen LogP) is -0.279. The largest absolute Gasteiger partial charge is 0.496 e. The van der Waals surface area contributed by atoms with Gasteiger partial charge in [-0.2, -0.15) is 0 Å². The van der Waals surface area contributed by atoms with Gasteiger partial charge in [0.2, 0.25) is 0 Å². The Morgan fingerprint density at radius 1 is 1.56 bits per heavy atom. The summed E-state index contributed by atoms with van der Waals surface area (Å²) in [5, 5.41) is 3.22. The molecule has 1 fully saturated rings. The molecule has 0 amide bonds. The summed E-state index contributed by atoms with van der Waals surface area (Å²) in [6, 6.07) is 0. The molecule has 1 saturated heterocycles. The lowest BCUT2D eigenvalue weighted by Crippen LogP contribution is -2.27. The second kappa shape index (κ2) is 1.83. The number of nitrogens with one attached hydrogen (secondary N) is 1. The molecule has 0 spiro atoms. The summed E-state index contributed by atoms with van der Waals surface area (Å²) in [5.74, 6) is 1.15. The molecule has 0 saturated carbocycles. The summed E-state index contributed by atoms with van der Waals surface area (Å²) >= 11 is 0. The standard InChI is InChI=1S/C6H10N2O/c1-2-8-3-4-9-5-6(8)7-1/h5,7H,1-4H2. The zero-order valence-electron chi connectivity index (χ0n) is 5.26. The van der Waals surface area contributed by atoms with Gasteiger partial charge < -0.3 is 15.0 Å². The van der Waals surface area contributed by atoms with Gasteiger partial charge in [0.15, 0.2) is 0 Å². The SMILES string of the molecule is C1=C2NCCN2CCO1. The lowest BCUT2D eigenvalue weighted by molar-refractivity contribution is 0.170. The summed E-state index contributed by atoms with van der Waals surface area (Å²) in [4.78, 5) is 2.30. The Hall–Kier alpha value is -0.860. The van der Waals surface area contributed by atoms with Gasteiger partial charge in [-0.1, -0.05) is 0 Å². The maximum Gasteiger partial charge on any atom is 0.137 e. The molecule has 1 N–H and O–H groups in total. The zero-order valence-corrected chi connectivity index (χ0v) is 5.26. The molecule has 2 aliphatic rings. The van der Waals surface area contributed by atoms with E-state index in [1.165, 1.54) is 0 Å². The number of hydrogen-bond donors (Lipinski definition) is 1. The molecule has 2 rings (SSSR count). The Balaban J connectivity index is 2.16. The molecule has 3 nitrogen and oxygen atoms in total. The van der Waals surface area contributed by atoms with Crippen LogP contribution in [0.2, 0.25) is 0 Å². The van der Waals surface area contributed by atoms with E-state index in [2.05, 4.69) is 10.2 Å². The molecule has 0 aromatic rings. The van der Waals surface area contributed by atoms with E-state index in [0.29, 0.717) is 0 Å². The molecule has 0 aromatic heterocycles. The van der Waals surface area contributed by atoms with Gasteiger partial charge in [-0.05, 0) is 0 Å². The van der Waals surface area contributed by atoms with Gasteiger partial charge >= 0.3 is 0 Å². The third-order valence-corrected chi connectivity index (χ3v) is 1.70. The molecular formula is C6H10N2O. The van der Waals surface area contributed by atoms with E-state index in [1.54, 1.807) is 6.26 Å². The smallest absolute Gasteiger partial charge is 0.137 e. The first-order valence-electron chi connectivity index (χ1n) is 3.27.